The fourth-order valence-electron chi connectivity index (χ4n) is 5.13. The Morgan fingerprint density at radius 1 is 1.00 bits per heavy atom. The summed E-state index contributed by atoms with van der Waals surface area (Å²) >= 11 is 5.88. The van der Waals surface area contributed by atoms with Crippen molar-refractivity contribution < 1.29 is 4.79 Å². The van der Waals surface area contributed by atoms with Crippen LogP contribution in [0, 0.1) is 18.6 Å². The highest BCUT2D eigenvalue weighted by Crippen LogP contribution is 2.38. The highest BCUT2D eigenvalue weighted by molar-refractivity contribution is 7.71. The van der Waals surface area contributed by atoms with E-state index in [0.717, 1.165) is 73.5 Å². The Labute approximate surface area is 207 Å². The molecule has 0 atom stereocenters. The Morgan fingerprint density at radius 3 is 2.29 bits per heavy atom. The summed E-state index contributed by atoms with van der Waals surface area (Å²) in [7, 11) is 0. The minimum atomic E-state index is 0.0578. The summed E-state index contributed by atoms with van der Waals surface area (Å²) in [6.07, 6.45) is 6.22. The first-order valence-corrected chi connectivity index (χ1v) is 13.2. The zero-order valence-corrected chi connectivity index (χ0v) is 21.3. The SMILES string of the molecule is Cc1cccc(C)c1NC(=O)CN1CCN(Cn2nc(N3CCCCC3)n(C3CC3)c2=S)CC1. The second-order valence-electron chi connectivity index (χ2n) is 10.1. The molecule has 8 nitrogen and oxygen atoms in total. The molecule has 2 saturated heterocycles. The van der Waals surface area contributed by atoms with E-state index in [4.69, 9.17) is 17.3 Å². The maximum Gasteiger partial charge on any atom is 0.238 e. The van der Waals surface area contributed by atoms with Crippen molar-refractivity contribution in [3.8, 4) is 0 Å². The van der Waals surface area contributed by atoms with Gasteiger partial charge in [0, 0.05) is 51.0 Å². The molecule has 184 valence electrons. The van der Waals surface area contributed by atoms with E-state index in [2.05, 4.69) is 24.6 Å². The summed E-state index contributed by atoms with van der Waals surface area (Å²) in [5.74, 6) is 1.14. The number of carbonyl (C=O) groups excluding carboxylic acids is 1. The van der Waals surface area contributed by atoms with Crippen molar-refractivity contribution in [3.05, 3.63) is 34.1 Å². The summed E-state index contributed by atoms with van der Waals surface area (Å²) in [6.45, 7) is 11.0. The van der Waals surface area contributed by atoms with Crippen LogP contribution in [-0.2, 0) is 11.5 Å². The number of para-hydroxylation sites is 1. The van der Waals surface area contributed by atoms with Gasteiger partial charge in [-0.15, -0.1) is 5.10 Å². The minimum absolute atomic E-state index is 0.0578. The Bertz CT molecular complexity index is 1060. The topological polar surface area (TPSA) is 61.6 Å². The molecule has 34 heavy (non-hydrogen) atoms. The molecule has 2 aliphatic heterocycles. The van der Waals surface area contributed by atoms with E-state index in [-0.39, 0.29) is 5.91 Å². The summed E-state index contributed by atoms with van der Waals surface area (Å²) < 4.78 is 5.20. The molecular weight excluding hydrogens is 446 g/mol. The average molecular weight is 484 g/mol. The molecule has 1 aromatic heterocycles. The molecule has 0 radical (unpaired) electrons. The van der Waals surface area contributed by atoms with Gasteiger partial charge in [0.25, 0.3) is 0 Å². The summed E-state index contributed by atoms with van der Waals surface area (Å²) in [6, 6.07) is 6.63. The smallest absolute Gasteiger partial charge is 0.238 e. The third-order valence-electron chi connectivity index (χ3n) is 7.32. The van der Waals surface area contributed by atoms with E-state index in [0.29, 0.717) is 12.6 Å². The molecule has 1 N–H and O–H groups in total. The average Bonchev–Trinajstić information content (AvgIpc) is 3.62. The lowest BCUT2D eigenvalue weighted by Gasteiger charge is -2.34. The summed E-state index contributed by atoms with van der Waals surface area (Å²) in [5, 5.41) is 8.11. The predicted molar refractivity (Wildman–Crippen MR) is 138 cm³/mol. The van der Waals surface area contributed by atoms with Crippen LogP contribution in [-0.4, -0.2) is 75.9 Å². The third-order valence-corrected chi connectivity index (χ3v) is 7.72. The molecule has 1 amide bonds. The second-order valence-corrected chi connectivity index (χ2v) is 10.4. The Morgan fingerprint density at radius 2 is 1.65 bits per heavy atom. The van der Waals surface area contributed by atoms with Crippen LogP contribution < -0.4 is 10.2 Å². The van der Waals surface area contributed by atoms with Crippen molar-refractivity contribution >= 4 is 29.8 Å². The monoisotopic (exact) mass is 483 g/mol. The van der Waals surface area contributed by atoms with Crippen molar-refractivity contribution in [2.24, 2.45) is 0 Å². The van der Waals surface area contributed by atoms with Gasteiger partial charge in [0.1, 0.15) is 0 Å². The first kappa shape index (κ1) is 23.5. The van der Waals surface area contributed by atoms with E-state index in [1.54, 1.807) is 0 Å². The number of hydrogen-bond donors (Lipinski definition) is 1. The number of benzene rings is 1. The standard InChI is InChI=1S/C25H37N7OS/c1-19-7-6-8-20(2)23(19)26-22(33)17-28-13-15-29(16-14-28)18-31-25(34)32(21-9-10-21)24(27-31)30-11-4-3-5-12-30/h6-8,21H,3-5,9-18H2,1-2H3,(H,26,33). The zero-order chi connectivity index (χ0) is 23.7. The lowest BCUT2D eigenvalue weighted by molar-refractivity contribution is -0.117. The van der Waals surface area contributed by atoms with Crippen LogP contribution in [0.5, 0.6) is 0 Å². The van der Waals surface area contributed by atoms with E-state index >= 15 is 0 Å². The highest BCUT2D eigenvalue weighted by Gasteiger charge is 2.31. The van der Waals surface area contributed by atoms with Gasteiger partial charge >= 0.3 is 0 Å². The number of nitrogens with zero attached hydrogens (tertiary/aromatic N) is 6. The second kappa shape index (κ2) is 10.2. The van der Waals surface area contributed by atoms with Crippen molar-refractivity contribution in [2.75, 3.05) is 56.0 Å². The van der Waals surface area contributed by atoms with Gasteiger partial charge in [-0.1, -0.05) is 18.2 Å². The molecule has 1 aromatic carbocycles. The lowest BCUT2D eigenvalue weighted by atomic mass is 10.1. The van der Waals surface area contributed by atoms with Gasteiger partial charge in [-0.05, 0) is 69.3 Å². The minimum Gasteiger partial charge on any atom is -0.341 e. The van der Waals surface area contributed by atoms with Crippen LogP contribution in [0.15, 0.2) is 18.2 Å². The number of carbonyl (C=O) groups is 1. The summed E-state index contributed by atoms with van der Waals surface area (Å²) in [4.78, 5) is 19.7. The van der Waals surface area contributed by atoms with Crippen LogP contribution in [0.1, 0.15) is 49.3 Å². The van der Waals surface area contributed by atoms with Crippen LogP contribution in [0.2, 0.25) is 0 Å². The normalized spacial score (nSPS) is 20.0. The molecule has 3 aliphatic rings. The van der Waals surface area contributed by atoms with Crippen molar-refractivity contribution in [2.45, 2.75) is 58.7 Å². The molecule has 3 heterocycles. The van der Waals surface area contributed by atoms with Crippen molar-refractivity contribution in [3.63, 3.8) is 0 Å². The van der Waals surface area contributed by atoms with Crippen LogP contribution >= 0.6 is 12.2 Å². The van der Waals surface area contributed by atoms with Gasteiger partial charge in [0.15, 0.2) is 0 Å². The van der Waals surface area contributed by atoms with Gasteiger partial charge in [-0.2, -0.15) is 0 Å². The Hall–Kier alpha value is -2.23. The van der Waals surface area contributed by atoms with Gasteiger partial charge in [-0.25, -0.2) is 4.68 Å². The summed E-state index contributed by atoms with van der Waals surface area (Å²) in [5.41, 5.74) is 3.14. The van der Waals surface area contributed by atoms with E-state index < -0.39 is 0 Å². The van der Waals surface area contributed by atoms with Gasteiger partial charge in [-0.3, -0.25) is 19.2 Å². The molecule has 1 aliphatic carbocycles. The Kier molecular flexibility index (Phi) is 7.04. The number of aromatic nitrogens is 3. The highest BCUT2D eigenvalue weighted by atomic mass is 32.1. The fourth-order valence-corrected chi connectivity index (χ4v) is 5.46. The maximum absolute atomic E-state index is 12.7. The third kappa shape index (κ3) is 5.21. The van der Waals surface area contributed by atoms with Crippen molar-refractivity contribution in [1.82, 2.24) is 24.1 Å². The molecule has 9 heteroatoms. The van der Waals surface area contributed by atoms with Gasteiger partial charge in [0.05, 0.1) is 13.2 Å². The number of hydrogen-bond acceptors (Lipinski definition) is 6. The molecule has 2 aromatic rings. The predicted octanol–water partition coefficient (Wildman–Crippen LogP) is 3.57. The molecule has 0 bridgehead atoms. The zero-order valence-electron chi connectivity index (χ0n) is 20.5. The first-order chi connectivity index (χ1) is 16.5. The number of anilines is 2. The van der Waals surface area contributed by atoms with Crippen LogP contribution in [0.4, 0.5) is 11.6 Å². The number of aryl methyl sites for hydroxylation is 2. The first-order valence-electron chi connectivity index (χ1n) is 12.7. The number of nitrogens with one attached hydrogen (secondary N) is 1. The molecule has 5 rings (SSSR count). The quantitative estimate of drug-likeness (QED) is 0.608. The molecule has 3 fully saturated rings. The molecule has 1 saturated carbocycles. The maximum atomic E-state index is 12.7. The number of amides is 1. The van der Waals surface area contributed by atoms with E-state index in [1.165, 1.54) is 32.1 Å². The van der Waals surface area contributed by atoms with Gasteiger partial charge < -0.3 is 10.2 Å². The van der Waals surface area contributed by atoms with E-state index in [1.807, 2.05) is 36.7 Å². The molecule has 0 unspecified atom stereocenters. The number of piperazine rings is 1. The van der Waals surface area contributed by atoms with Crippen LogP contribution in [0.25, 0.3) is 0 Å². The lowest BCUT2D eigenvalue weighted by Crippen LogP contribution is -2.49. The Balaban J connectivity index is 1.17. The number of rotatable bonds is 7. The van der Waals surface area contributed by atoms with Crippen molar-refractivity contribution in [1.29, 1.82) is 0 Å². The van der Waals surface area contributed by atoms with Crippen LogP contribution in [0.3, 0.4) is 0 Å². The van der Waals surface area contributed by atoms with E-state index in [9.17, 15) is 4.79 Å². The number of piperidine rings is 1. The molecular formula is C25H37N7OS. The largest absolute Gasteiger partial charge is 0.341 e. The fraction of sp³-hybridized carbons (Fsp3) is 0.640. The van der Waals surface area contributed by atoms with Gasteiger partial charge in [0.2, 0.25) is 16.6 Å². The molecule has 0 spiro atoms.